The van der Waals surface area contributed by atoms with Gasteiger partial charge in [0.15, 0.2) is 0 Å². The van der Waals surface area contributed by atoms with E-state index in [1.807, 2.05) is 0 Å². The van der Waals surface area contributed by atoms with Gasteiger partial charge in [-0.3, -0.25) is 9.59 Å². The second kappa shape index (κ2) is 5.64. The van der Waals surface area contributed by atoms with E-state index in [-0.39, 0.29) is 12.5 Å². The number of hydrogen-bond donors (Lipinski definition) is 2. The predicted molar refractivity (Wildman–Crippen MR) is 71.5 cm³/mol. The summed E-state index contributed by atoms with van der Waals surface area (Å²) in [6, 6.07) is 0. The van der Waals surface area contributed by atoms with Crippen LogP contribution < -0.4 is 5.32 Å². The monoisotopic (exact) mass is 280 g/mol. The predicted octanol–water partition coefficient (Wildman–Crippen LogP) is 2.06. The summed E-state index contributed by atoms with van der Waals surface area (Å²) in [4.78, 5) is 23.7. The Morgan fingerprint density at radius 2 is 1.95 bits per heavy atom. The standard InChI is InChI=1S/C14H20N2O4/c1-9-11(10(2)20-16-9)12(17)15-8-14(13(18)19)6-4-3-5-7-14/h3-8H2,1-2H3,(H,15,17)(H,18,19). The molecule has 1 aliphatic rings. The van der Waals surface area contributed by atoms with Gasteiger partial charge in [-0.2, -0.15) is 0 Å². The van der Waals surface area contributed by atoms with Crippen molar-refractivity contribution in [3.05, 3.63) is 17.0 Å². The van der Waals surface area contributed by atoms with Crippen molar-refractivity contribution in [2.75, 3.05) is 6.54 Å². The third-order valence-corrected chi connectivity index (χ3v) is 4.11. The lowest BCUT2D eigenvalue weighted by Gasteiger charge is -2.33. The van der Waals surface area contributed by atoms with E-state index in [1.165, 1.54) is 0 Å². The second-order valence-electron chi connectivity index (χ2n) is 5.53. The summed E-state index contributed by atoms with van der Waals surface area (Å²) in [6.45, 7) is 3.52. The number of carboxylic acid groups (broad SMARTS) is 1. The SMILES string of the molecule is Cc1noc(C)c1C(=O)NCC1(C(=O)O)CCCCC1. The molecule has 1 fully saturated rings. The zero-order valence-corrected chi connectivity index (χ0v) is 11.9. The normalized spacial score (nSPS) is 17.7. The fraction of sp³-hybridized carbons (Fsp3) is 0.643. The van der Waals surface area contributed by atoms with Crippen LogP contribution >= 0.6 is 0 Å². The Hall–Kier alpha value is -1.85. The number of carboxylic acids is 1. The highest BCUT2D eigenvalue weighted by Crippen LogP contribution is 2.36. The van der Waals surface area contributed by atoms with Crippen molar-refractivity contribution in [3.8, 4) is 0 Å². The third kappa shape index (κ3) is 2.69. The lowest BCUT2D eigenvalue weighted by molar-refractivity contribution is -0.150. The molecule has 110 valence electrons. The number of hydrogen-bond acceptors (Lipinski definition) is 4. The highest BCUT2D eigenvalue weighted by atomic mass is 16.5. The van der Waals surface area contributed by atoms with Crippen molar-refractivity contribution in [2.45, 2.75) is 46.0 Å². The Kier molecular flexibility index (Phi) is 4.11. The lowest BCUT2D eigenvalue weighted by atomic mass is 9.74. The van der Waals surface area contributed by atoms with E-state index in [1.54, 1.807) is 13.8 Å². The maximum absolute atomic E-state index is 12.2. The molecule has 0 saturated heterocycles. The van der Waals surface area contributed by atoms with Crippen LogP contribution in [0.4, 0.5) is 0 Å². The van der Waals surface area contributed by atoms with Crippen molar-refractivity contribution in [1.82, 2.24) is 10.5 Å². The minimum absolute atomic E-state index is 0.158. The molecule has 0 bridgehead atoms. The van der Waals surface area contributed by atoms with E-state index in [2.05, 4.69) is 10.5 Å². The first-order valence-electron chi connectivity index (χ1n) is 6.91. The smallest absolute Gasteiger partial charge is 0.311 e. The number of aryl methyl sites for hydroxylation is 2. The molecule has 1 aliphatic carbocycles. The molecule has 0 aliphatic heterocycles. The van der Waals surface area contributed by atoms with Gasteiger partial charge < -0.3 is 14.9 Å². The molecule has 1 aromatic rings. The summed E-state index contributed by atoms with van der Waals surface area (Å²) < 4.78 is 4.95. The Morgan fingerprint density at radius 3 is 2.45 bits per heavy atom. The molecule has 1 amide bonds. The minimum atomic E-state index is -0.827. The van der Waals surface area contributed by atoms with Gasteiger partial charge in [-0.25, -0.2) is 0 Å². The fourth-order valence-electron chi connectivity index (χ4n) is 2.84. The molecule has 1 saturated carbocycles. The van der Waals surface area contributed by atoms with E-state index in [0.717, 1.165) is 19.3 Å². The maximum Gasteiger partial charge on any atom is 0.311 e. The van der Waals surface area contributed by atoms with Crippen LogP contribution in [-0.4, -0.2) is 28.7 Å². The number of aromatic nitrogens is 1. The molecule has 0 atom stereocenters. The molecule has 1 heterocycles. The number of nitrogens with one attached hydrogen (secondary N) is 1. The number of aliphatic carboxylic acids is 1. The number of carbonyl (C=O) groups excluding carboxylic acids is 1. The molecule has 20 heavy (non-hydrogen) atoms. The molecule has 6 heteroatoms. The second-order valence-corrected chi connectivity index (χ2v) is 5.53. The number of amides is 1. The molecule has 6 nitrogen and oxygen atoms in total. The molecular formula is C14H20N2O4. The highest BCUT2D eigenvalue weighted by Gasteiger charge is 2.40. The largest absolute Gasteiger partial charge is 0.481 e. The van der Waals surface area contributed by atoms with Gasteiger partial charge in [0.1, 0.15) is 11.3 Å². The number of carbonyl (C=O) groups is 2. The van der Waals surface area contributed by atoms with E-state index in [0.29, 0.717) is 29.9 Å². The zero-order chi connectivity index (χ0) is 14.8. The van der Waals surface area contributed by atoms with Gasteiger partial charge >= 0.3 is 5.97 Å². The summed E-state index contributed by atoms with van der Waals surface area (Å²) in [7, 11) is 0. The average molecular weight is 280 g/mol. The third-order valence-electron chi connectivity index (χ3n) is 4.11. The van der Waals surface area contributed by atoms with Gasteiger partial charge in [-0.1, -0.05) is 24.4 Å². The highest BCUT2D eigenvalue weighted by molar-refractivity contribution is 5.96. The molecule has 0 spiro atoms. The Bertz CT molecular complexity index is 496. The fourth-order valence-corrected chi connectivity index (χ4v) is 2.84. The van der Waals surface area contributed by atoms with Crippen LogP contribution in [-0.2, 0) is 4.79 Å². The van der Waals surface area contributed by atoms with Crippen LogP contribution in [0.5, 0.6) is 0 Å². The number of rotatable bonds is 4. The van der Waals surface area contributed by atoms with E-state index < -0.39 is 11.4 Å². The molecule has 2 N–H and O–H groups in total. The first-order chi connectivity index (χ1) is 9.46. The summed E-state index contributed by atoms with van der Waals surface area (Å²) >= 11 is 0. The van der Waals surface area contributed by atoms with Gasteiger partial charge in [0.2, 0.25) is 0 Å². The van der Waals surface area contributed by atoms with E-state index in [4.69, 9.17) is 4.52 Å². The van der Waals surface area contributed by atoms with E-state index >= 15 is 0 Å². The quantitative estimate of drug-likeness (QED) is 0.880. The van der Waals surface area contributed by atoms with Crippen LogP contribution in [0.25, 0.3) is 0 Å². The van der Waals surface area contributed by atoms with Crippen LogP contribution in [0.15, 0.2) is 4.52 Å². The molecule has 0 radical (unpaired) electrons. The topological polar surface area (TPSA) is 92.4 Å². The van der Waals surface area contributed by atoms with Gasteiger partial charge in [0, 0.05) is 6.54 Å². The van der Waals surface area contributed by atoms with Gasteiger partial charge in [0.05, 0.1) is 11.1 Å². The van der Waals surface area contributed by atoms with Crippen LogP contribution in [0, 0.1) is 19.3 Å². The molecule has 1 aromatic heterocycles. The zero-order valence-electron chi connectivity index (χ0n) is 11.9. The van der Waals surface area contributed by atoms with Crippen LogP contribution in [0.3, 0.4) is 0 Å². The van der Waals surface area contributed by atoms with Crippen molar-refractivity contribution in [2.24, 2.45) is 5.41 Å². The summed E-state index contributed by atoms with van der Waals surface area (Å²) in [5.41, 5.74) is 0.0988. The van der Waals surface area contributed by atoms with Crippen LogP contribution in [0.1, 0.15) is 53.9 Å². The Morgan fingerprint density at radius 1 is 1.30 bits per heavy atom. The molecule has 0 unspecified atom stereocenters. The van der Waals surface area contributed by atoms with Crippen molar-refractivity contribution >= 4 is 11.9 Å². The number of nitrogens with zero attached hydrogens (tertiary/aromatic N) is 1. The van der Waals surface area contributed by atoms with Gasteiger partial charge in [-0.05, 0) is 26.7 Å². The van der Waals surface area contributed by atoms with Gasteiger partial charge in [-0.15, -0.1) is 0 Å². The summed E-state index contributed by atoms with van der Waals surface area (Å²) in [6.07, 6.45) is 4.09. The van der Waals surface area contributed by atoms with E-state index in [9.17, 15) is 14.7 Å². The Balaban J connectivity index is 2.06. The maximum atomic E-state index is 12.2. The van der Waals surface area contributed by atoms with Crippen molar-refractivity contribution < 1.29 is 19.2 Å². The molecule has 0 aromatic carbocycles. The van der Waals surface area contributed by atoms with Crippen molar-refractivity contribution in [1.29, 1.82) is 0 Å². The first-order valence-corrected chi connectivity index (χ1v) is 6.91. The van der Waals surface area contributed by atoms with Crippen molar-refractivity contribution in [3.63, 3.8) is 0 Å². The lowest BCUT2D eigenvalue weighted by Crippen LogP contribution is -2.44. The summed E-state index contributed by atoms with van der Waals surface area (Å²) in [5.74, 6) is -0.684. The molecule has 2 rings (SSSR count). The average Bonchev–Trinajstić information content (AvgIpc) is 2.76. The minimum Gasteiger partial charge on any atom is -0.481 e. The summed E-state index contributed by atoms with van der Waals surface area (Å²) in [5, 5.41) is 15.9. The molecular weight excluding hydrogens is 260 g/mol. The first kappa shape index (κ1) is 14.6. The van der Waals surface area contributed by atoms with Crippen LogP contribution in [0.2, 0.25) is 0 Å². The van der Waals surface area contributed by atoms with Gasteiger partial charge in [0.25, 0.3) is 5.91 Å². The Labute approximate surface area is 117 Å².